The highest BCUT2D eigenvalue weighted by Crippen LogP contribution is 2.14. The molecule has 1 heterocycles. The van der Waals surface area contributed by atoms with Crippen molar-refractivity contribution in [2.75, 3.05) is 6.61 Å². The third kappa shape index (κ3) is 3.22. The molecule has 0 fully saturated rings. The molecule has 0 aliphatic heterocycles. The molecule has 4 nitrogen and oxygen atoms in total. The highest BCUT2D eigenvalue weighted by Gasteiger charge is 2.11. The molecule has 4 heteroatoms. The monoisotopic (exact) mass is 258 g/mol. The van der Waals surface area contributed by atoms with Crippen molar-refractivity contribution in [2.24, 2.45) is 0 Å². The van der Waals surface area contributed by atoms with Gasteiger partial charge in [-0.3, -0.25) is 0 Å². The van der Waals surface area contributed by atoms with Crippen LogP contribution in [0, 0.1) is 13.8 Å². The van der Waals surface area contributed by atoms with Crippen LogP contribution in [-0.2, 0) is 11.2 Å². The Bertz CT molecular complexity index is 588. The molecule has 2 aromatic rings. The fourth-order valence-electron chi connectivity index (χ4n) is 1.94. The van der Waals surface area contributed by atoms with Crippen LogP contribution < -0.4 is 0 Å². The maximum absolute atomic E-state index is 11.5. The number of carbonyl (C=O) groups is 1. The van der Waals surface area contributed by atoms with Crippen LogP contribution >= 0.6 is 0 Å². The molecule has 2 rings (SSSR count). The average Bonchev–Trinajstić information content (AvgIpc) is 2.83. The van der Waals surface area contributed by atoms with Gasteiger partial charge in [-0.1, -0.05) is 23.8 Å². The molecule has 0 amide bonds. The number of nitrogens with one attached hydrogen (secondary N) is 1. The molecular weight excluding hydrogens is 240 g/mol. The molecule has 0 aliphatic carbocycles. The maximum Gasteiger partial charge on any atom is 0.356 e. The molecule has 1 aromatic carbocycles. The van der Waals surface area contributed by atoms with Crippen molar-refractivity contribution in [3.8, 4) is 0 Å². The standard InChI is InChI=1S/C15H18N2O2/c1-4-19-15(18)13-9-16-14(17-13)8-12-7-10(2)5-6-11(12)3/h5-7,9H,4,8H2,1-3H3,(H,16,17). The van der Waals surface area contributed by atoms with Crippen molar-refractivity contribution in [2.45, 2.75) is 27.2 Å². The highest BCUT2D eigenvalue weighted by atomic mass is 16.5. The van der Waals surface area contributed by atoms with E-state index in [4.69, 9.17) is 4.74 Å². The molecule has 100 valence electrons. The van der Waals surface area contributed by atoms with E-state index < -0.39 is 0 Å². The van der Waals surface area contributed by atoms with Gasteiger partial charge in [0, 0.05) is 6.42 Å². The highest BCUT2D eigenvalue weighted by molar-refractivity contribution is 5.86. The Morgan fingerprint density at radius 2 is 2.16 bits per heavy atom. The Labute approximate surface area is 112 Å². The number of esters is 1. The third-order valence-electron chi connectivity index (χ3n) is 2.99. The molecule has 0 aliphatic rings. The second kappa shape index (κ2) is 5.69. The van der Waals surface area contributed by atoms with Crippen molar-refractivity contribution in [3.05, 3.63) is 52.6 Å². The van der Waals surface area contributed by atoms with Crippen LogP contribution in [0.15, 0.2) is 24.4 Å². The summed E-state index contributed by atoms with van der Waals surface area (Å²) in [6.07, 6.45) is 2.21. The molecule has 1 aromatic heterocycles. The van der Waals surface area contributed by atoms with Crippen LogP contribution in [0.5, 0.6) is 0 Å². The number of nitrogens with zero attached hydrogens (tertiary/aromatic N) is 1. The van der Waals surface area contributed by atoms with Gasteiger partial charge in [-0.25, -0.2) is 9.78 Å². The van der Waals surface area contributed by atoms with Gasteiger partial charge >= 0.3 is 5.97 Å². The lowest BCUT2D eigenvalue weighted by Gasteiger charge is -2.05. The lowest BCUT2D eigenvalue weighted by Crippen LogP contribution is -2.05. The summed E-state index contributed by atoms with van der Waals surface area (Å²) >= 11 is 0. The summed E-state index contributed by atoms with van der Waals surface area (Å²) in [5.74, 6) is 0.416. The number of carbonyl (C=O) groups excluding carboxylic acids is 1. The lowest BCUT2D eigenvalue weighted by molar-refractivity contribution is 0.0520. The summed E-state index contributed by atoms with van der Waals surface area (Å²) in [4.78, 5) is 18.8. The van der Waals surface area contributed by atoms with Gasteiger partial charge in [0.25, 0.3) is 0 Å². The summed E-state index contributed by atoms with van der Waals surface area (Å²) in [6, 6.07) is 6.33. The number of ether oxygens (including phenoxy) is 1. The van der Waals surface area contributed by atoms with Crippen molar-refractivity contribution in [1.82, 2.24) is 9.97 Å². The minimum atomic E-state index is -0.359. The Kier molecular flexibility index (Phi) is 4.00. The zero-order chi connectivity index (χ0) is 13.8. The number of aryl methyl sites for hydroxylation is 2. The molecule has 0 spiro atoms. The SMILES string of the molecule is CCOC(=O)c1cnc(Cc2cc(C)ccc2C)[nH]1. The lowest BCUT2D eigenvalue weighted by atomic mass is 10.0. The number of aromatic amines is 1. The number of H-pyrrole nitrogens is 1. The Balaban J connectivity index is 2.15. The van der Waals surface area contributed by atoms with Gasteiger partial charge < -0.3 is 9.72 Å². The van der Waals surface area contributed by atoms with Crippen molar-refractivity contribution < 1.29 is 9.53 Å². The van der Waals surface area contributed by atoms with E-state index in [1.54, 1.807) is 6.92 Å². The van der Waals surface area contributed by atoms with Gasteiger partial charge in [0.1, 0.15) is 11.5 Å². The van der Waals surface area contributed by atoms with Gasteiger partial charge in [0.05, 0.1) is 12.8 Å². The van der Waals surface area contributed by atoms with E-state index in [0.717, 1.165) is 5.82 Å². The van der Waals surface area contributed by atoms with Crippen molar-refractivity contribution in [3.63, 3.8) is 0 Å². The number of hydrogen-bond donors (Lipinski definition) is 1. The van der Waals surface area contributed by atoms with Crippen molar-refractivity contribution >= 4 is 5.97 Å². The Hall–Kier alpha value is -2.10. The topological polar surface area (TPSA) is 55.0 Å². The minimum Gasteiger partial charge on any atom is -0.461 e. The van der Waals surface area contributed by atoms with Crippen LogP contribution in [0.3, 0.4) is 0 Å². The Morgan fingerprint density at radius 1 is 1.37 bits per heavy atom. The number of rotatable bonds is 4. The summed E-state index contributed by atoms with van der Waals surface area (Å²) in [7, 11) is 0. The molecule has 0 radical (unpaired) electrons. The summed E-state index contributed by atoms with van der Waals surface area (Å²) in [5, 5.41) is 0. The number of benzene rings is 1. The van der Waals surface area contributed by atoms with E-state index in [0.29, 0.717) is 18.7 Å². The molecule has 0 saturated carbocycles. The van der Waals surface area contributed by atoms with Crippen molar-refractivity contribution in [1.29, 1.82) is 0 Å². The van der Waals surface area contributed by atoms with E-state index in [1.165, 1.54) is 22.9 Å². The minimum absolute atomic E-state index is 0.359. The van der Waals surface area contributed by atoms with Crippen LogP contribution in [0.4, 0.5) is 0 Å². The molecule has 0 bridgehead atoms. The molecular formula is C15H18N2O2. The predicted octanol–water partition coefficient (Wildman–Crippen LogP) is 2.79. The van der Waals surface area contributed by atoms with E-state index in [9.17, 15) is 4.79 Å². The van der Waals surface area contributed by atoms with Gasteiger partial charge in [-0.2, -0.15) is 0 Å². The zero-order valence-electron chi connectivity index (χ0n) is 11.5. The van der Waals surface area contributed by atoms with Gasteiger partial charge in [0.15, 0.2) is 0 Å². The number of imidazole rings is 1. The van der Waals surface area contributed by atoms with Crippen LogP contribution in [0.1, 0.15) is 39.9 Å². The second-order valence-electron chi connectivity index (χ2n) is 4.57. The first kappa shape index (κ1) is 13.3. The van der Waals surface area contributed by atoms with Crippen LogP contribution in [-0.4, -0.2) is 22.5 Å². The first-order valence-corrected chi connectivity index (χ1v) is 6.37. The zero-order valence-corrected chi connectivity index (χ0v) is 11.5. The second-order valence-corrected chi connectivity index (χ2v) is 4.57. The molecule has 0 unspecified atom stereocenters. The number of aromatic nitrogens is 2. The fourth-order valence-corrected chi connectivity index (χ4v) is 1.94. The maximum atomic E-state index is 11.5. The van der Waals surface area contributed by atoms with Crippen LogP contribution in [0.25, 0.3) is 0 Å². The average molecular weight is 258 g/mol. The van der Waals surface area contributed by atoms with E-state index in [-0.39, 0.29) is 5.97 Å². The van der Waals surface area contributed by atoms with E-state index in [1.807, 2.05) is 0 Å². The van der Waals surface area contributed by atoms with Gasteiger partial charge in [-0.05, 0) is 31.9 Å². The summed E-state index contributed by atoms with van der Waals surface area (Å²) in [5.41, 5.74) is 4.06. The van der Waals surface area contributed by atoms with Gasteiger partial charge in [0.2, 0.25) is 0 Å². The first-order valence-electron chi connectivity index (χ1n) is 6.37. The first-order chi connectivity index (χ1) is 9.10. The fraction of sp³-hybridized carbons (Fsp3) is 0.333. The third-order valence-corrected chi connectivity index (χ3v) is 2.99. The normalized spacial score (nSPS) is 10.5. The van der Waals surface area contributed by atoms with E-state index in [2.05, 4.69) is 42.0 Å². The largest absolute Gasteiger partial charge is 0.461 e. The summed E-state index contributed by atoms with van der Waals surface area (Å²) in [6.45, 7) is 6.29. The molecule has 0 saturated heterocycles. The Morgan fingerprint density at radius 3 is 2.89 bits per heavy atom. The number of hydrogen-bond acceptors (Lipinski definition) is 3. The molecule has 19 heavy (non-hydrogen) atoms. The summed E-state index contributed by atoms with van der Waals surface area (Å²) < 4.78 is 4.92. The quantitative estimate of drug-likeness (QED) is 0.858. The smallest absolute Gasteiger partial charge is 0.356 e. The van der Waals surface area contributed by atoms with Gasteiger partial charge in [-0.15, -0.1) is 0 Å². The predicted molar refractivity (Wildman–Crippen MR) is 73.3 cm³/mol. The van der Waals surface area contributed by atoms with Crippen LogP contribution in [0.2, 0.25) is 0 Å². The van der Waals surface area contributed by atoms with E-state index >= 15 is 0 Å². The molecule has 0 atom stereocenters. The molecule has 1 N–H and O–H groups in total.